The molecule has 0 atom stereocenters. The summed E-state index contributed by atoms with van der Waals surface area (Å²) in [5, 5.41) is 0. The minimum atomic E-state index is -1.05. The molecule has 0 radical (unpaired) electrons. The minimum absolute atomic E-state index is 0.207. The molecule has 0 aliphatic rings. The van der Waals surface area contributed by atoms with Gasteiger partial charge in [0, 0.05) is 24.7 Å². The zero-order valence-electron chi connectivity index (χ0n) is 7.50. The maximum absolute atomic E-state index is 11.9. The van der Waals surface area contributed by atoms with Crippen LogP contribution in [0.5, 0.6) is 0 Å². The zero-order chi connectivity index (χ0) is 11.1. The molecule has 0 saturated heterocycles. The van der Waals surface area contributed by atoms with Crippen LogP contribution in [0.25, 0.3) is 0 Å². The van der Waals surface area contributed by atoms with E-state index in [0.29, 0.717) is 0 Å². The molecule has 0 saturated carbocycles. The van der Waals surface area contributed by atoms with Gasteiger partial charge in [-0.1, -0.05) is 4.48 Å². The van der Waals surface area contributed by atoms with Crippen LogP contribution >= 0.6 is 0 Å². The van der Waals surface area contributed by atoms with Crippen LogP contribution in [0.3, 0.4) is 0 Å². The molecule has 0 amide bonds. The largest absolute Gasteiger partial charge is 0.356 e. The molecule has 0 aliphatic heterocycles. The molecule has 2 heterocycles. The number of nitrogens with zero attached hydrogens (tertiary/aromatic N) is 3. The number of hydrogen-bond donors (Lipinski definition) is 1. The van der Waals surface area contributed by atoms with Gasteiger partial charge in [0.25, 0.3) is 5.56 Å². The molecule has 7 heteroatoms. The third kappa shape index (κ3) is 3.94. The van der Waals surface area contributed by atoms with Crippen molar-refractivity contribution in [1.29, 1.82) is 0 Å². The molecule has 2 aromatic rings. The Morgan fingerprint density at radius 1 is 1.27 bits per heavy atom. The molecule has 78 valence electrons. The Bertz CT molecular complexity index is 481. The molecule has 6 nitrogen and oxygen atoms in total. The third-order valence-corrected chi connectivity index (χ3v) is 1.26. The van der Waals surface area contributed by atoms with Crippen molar-refractivity contribution < 1.29 is 4.48 Å². The Morgan fingerprint density at radius 3 is 2.27 bits per heavy atom. The molecule has 0 bridgehead atoms. The first-order chi connectivity index (χ1) is 7.20. The maximum Gasteiger partial charge on any atom is 0.356 e. The van der Waals surface area contributed by atoms with Crippen molar-refractivity contribution in [2.45, 2.75) is 0 Å². The van der Waals surface area contributed by atoms with Gasteiger partial charge in [-0.05, 0) is 6.07 Å². The van der Waals surface area contributed by atoms with Gasteiger partial charge in [-0.2, -0.15) is 0 Å². The summed E-state index contributed by atoms with van der Waals surface area (Å²) in [5.74, 6) is 0. The summed E-state index contributed by atoms with van der Waals surface area (Å²) < 4.78 is 11.9. The molecule has 0 spiro atoms. The molecule has 0 aromatic carbocycles. The van der Waals surface area contributed by atoms with E-state index in [2.05, 4.69) is 9.97 Å². The Kier molecular flexibility index (Phi) is 3.90. The van der Waals surface area contributed by atoms with Crippen molar-refractivity contribution in [1.82, 2.24) is 19.7 Å². The first-order valence-corrected chi connectivity index (χ1v) is 3.88. The van der Waals surface area contributed by atoms with Crippen molar-refractivity contribution in [3.63, 3.8) is 0 Å². The number of halogens is 1. The molecule has 1 N–H and O–H groups in total. The van der Waals surface area contributed by atoms with Crippen LogP contribution in [0.15, 0.2) is 46.6 Å². The topological polar surface area (TPSA) is 80.6 Å². The summed E-state index contributed by atoms with van der Waals surface area (Å²) in [6.07, 6.45) is 5.63. The van der Waals surface area contributed by atoms with E-state index in [0.717, 1.165) is 12.3 Å². The maximum atomic E-state index is 11.9. The van der Waals surface area contributed by atoms with Crippen molar-refractivity contribution in [3.05, 3.63) is 57.9 Å². The fraction of sp³-hybridized carbons (Fsp3) is 0. The molecule has 0 unspecified atom stereocenters. The number of aromatic amines is 1. The second kappa shape index (κ2) is 5.43. The first-order valence-electron chi connectivity index (χ1n) is 3.88. The number of H-pyrrole nitrogens is 1. The molecule has 0 aliphatic carbocycles. The van der Waals surface area contributed by atoms with Crippen LogP contribution in [0.4, 0.5) is 4.48 Å². The predicted octanol–water partition coefficient (Wildman–Crippen LogP) is -0.254. The van der Waals surface area contributed by atoms with Gasteiger partial charge in [0.15, 0.2) is 0 Å². The summed E-state index contributed by atoms with van der Waals surface area (Å²) in [4.78, 5) is 29.2. The van der Waals surface area contributed by atoms with E-state index in [1.165, 1.54) is 6.33 Å². The standard InChI is InChI=1S/C4H3FN2O2.C4H4N2/c5-7-2-1-3(8)6-4(7)9;1-2-5-4-6-3-1/h1-2H,(H,6,8,9);1-4H. The lowest BCUT2D eigenvalue weighted by Crippen LogP contribution is -2.24. The molecule has 0 fully saturated rings. The Balaban J connectivity index is 0.000000162. The summed E-state index contributed by atoms with van der Waals surface area (Å²) in [7, 11) is 0. The highest BCUT2D eigenvalue weighted by molar-refractivity contribution is 4.79. The normalized spacial score (nSPS) is 8.87. The second-order valence-electron chi connectivity index (χ2n) is 2.33. The van der Waals surface area contributed by atoms with Crippen LogP contribution in [-0.2, 0) is 0 Å². The number of hydrogen-bond acceptors (Lipinski definition) is 4. The van der Waals surface area contributed by atoms with Gasteiger partial charge >= 0.3 is 5.69 Å². The van der Waals surface area contributed by atoms with Crippen molar-refractivity contribution in [2.24, 2.45) is 0 Å². The molecule has 2 aromatic heterocycles. The summed E-state index contributed by atoms with van der Waals surface area (Å²) in [6, 6.07) is 2.70. The quantitative estimate of drug-likeness (QED) is 0.649. The Hall–Kier alpha value is -2.31. The van der Waals surface area contributed by atoms with Gasteiger partial charge in [-0.3, -0.25) is 9.78 Å². The average molecular weight is 210 g/mol. The van der Waals surface area contributed by atoms with Gasteiger partial charge in [0.2, 0.25) is 0 Å². The number of nitrogens with one attached hydrogen (secondary N) is 1. The van der Waals surface area contributed by atoms with Crippen LogP contribution in [0, 0.1) is 0 Å². The van der Waals surface area contributed by atoms with Gasteiger partial charge in [0.05, 0.1) is 0 Å². The highest BCUT2D eigenvalue weighted by Crippen LogP contribution is 1.68. The van der Waals surface area contributed by atoms with Crippen molar-refractivity contribution >= 4 is 0 Å². The SMILES string of the molecule is O=c1ccn(F)c(=O)[nH]1.c1cncnc1. The van der Waals surface area contributed by atoms with Crippen LogP contribution in [0.1, 0.15) is 0 Å². The van der Waals surface area contributed by atoms with E-state index in [4.69, 9.17) is 0 Å². The van der Waals surface area contributed by atoms with E-state index in [1.54, 1.807) is 23.4 Å². The summed E-state index contributed by atoms with van der Waals surface area (Å²) >= 11 is 0. The predicted molar refractivity (Wildman–Crippen MR) is 49.9 cm³/mol. The van der Waals surface area contributed by atoms with Gasteiger partial charge in [-0.25, -0.2) is 14.8 Å². The summed E-state index contributed by atoms with van der Waals surface area (Å²) in [6.45, 7) is 0. The zero-order valence-corrected chi connectivity index (χ0v) is 7.50. The van der Waals surface area contributed by atoms with Gasteiger partial charge in [0.1, 0.15) is 6.33 Å². The van der Waals surface area contributed by atoms with E-state index in [1.807, 2.05) is 0 Å². The summed E-state index contributed by atoms with van der Waals surface area (Å²) in [5.41, 5.74) is -1.66. The lowest BCUT2D eigenvalue weighted by atomic mass is 10.7. The fourth-order valence-electron chi connectivity index (χ4n) is 0.655. The van der Waals surface area contributed by atoms with Crippen molar-refractivity contribution in [2.75, 3.05) is 0 Å². The highest BCUT2D eigenvalue weighted by Gasteiger charge is 1.89. The second-order valence-corrected chi connectivity index (χ2v) is 2.33. The molecular formula is C8H7FN4O2. The van der Waals surface area contributed by atoms with E-state index in [9.17, 15) is 14.1 Å². The highest BCUT2D eigenvalue weighted by atomic mass is 19.2. The van der Waals surface area contributed by atoms with Crippen LogP contribution in [-0.4, -0.2) is 19.7 Å². The van der Waals surface area contributed by atoms with Crippen molar-refractivity contribution in [3.8, 4) is 0 Å². The Labute approximate surface area is 83.0 Å². The van der Waals surface area contributed by atoms with E-state index < -0.39 is 11.2 Å². The van der Waals surface area contributed by atoms with E-state index >= 15 is 0 Å². The lowest BCUT2D eigenvalue weighted by molar-refractivity contribution is 0.343. The smallest absolute Gasteiger partial charge is 0.272 e. The third-order valence-electron chi connectivity index (χ3n) is 1.26. The van der Waals surface area contributed by atoms with Gasteiger partial charge in [-0.15, -0.1) is 4.79 Å². The average Bonchev–Trinajstić information content (AvgIpc) is 2.27. The number of aromatic nitrogens is 4. The molecule has 15 heavy (non-hydrogen) atoms. The fourth-order valence-corrected chi connectivity index (χ4v) is 0.655. The monoisotopic (exact) mass is 210 g/mol. The lowest BCUT2D eigenvalue weighted by Gasteiger charge is -1.84. The van der Waals surface area contributed by atoms with Crippen LogP contribution in [0.2, 0.25) is 0 Å². The Morgan fingerprint density at radius 2 is 1.93 bits per heavy atom. The van der Waals surface area contributed by atoms with Crippen LogP contribution < -0.4 is 11.2 Å². The molecular weight excluding hydrogens is 203 g/mol. The molecule has 2 rings (SSSR count). The number of rotatable bonds is 0. The van der Waals surface area contributed by atoms with E-state index in [-0.39, 0.29) is 4.79 Å². The first kappa shape index (κ1) is 10.8. The van der Waals surface area contributed by atoms with Gasteiger partial charge < -0.3 is 0 Å². The minimum Gasteiger partial charge on any atom is -0.272 e.